The SMILES string of the molecule is CCCCCCCCCCN1C(=O)N(Cc2ccccc2)c2cc(Cl)cc(Cl)c2S1(=O)=O. The molecule has 0 saturated carbocycles. The second-order valence-electron chi connectivity index (χ2n) is 8.14. The maximum absolute atomic E-state index is 13.4. The fraction of sp³-hybridized carbons (Fsp3) is 0.458. The van der Waals surface area contributed by atoms with Crippen LogP contribution in [0, 0.1) is 0 Å². The summed E-state index contributed by atoms with van der Waals surface area (Å²) in [6.07, 6.45) is 8.57. The molecular formula is C24H30Cl2N2O3S. The zero-order valence-electron chi connectivity index (χ0n) is 18.4. The van der Waals surface area contributed by atoms with Crippen LogP contribution in [0.15, 0.2) is 47.4 Å². The molecule has 0 aliphatic carbocycles. The highest BCUT2D eigenvalue weighted by Gasteiger charge is 2.42. The predicted molar refractivity (Wildman–Crippen MR) is 131 cm³/mol. The van der Waals surface area contributed by atoms with Crippen LogP contribution in [0.3, 0.4) is 0 Å². The zero-order chi connectivity index (χ0) is 23.1. The van der Waals surface area contributed by atoms with E-state index in [-0.39, 0.29) is 33.7 Å². The van der Waals surface area contributed by atoms with Crippen LogP contribution in [0.25, 0.3) is 0 Å². The van der Waals surface area contributed by atoms with E-state index in [1.807, 2.05) is 30.3 Å². The zero-order valence-corrected chi connectivity index (χ0v) is 20.7. The number of fused-ring (bicyclic) bond motifs is 1. The van der Waals surface area contributed by atoms with Crippen LogP contribution in [-0.4, -0.2) is 25.3 Å². The molecule has 0 saturated heterocycles. The number of rotatable bonds is 11. The molecule has 1 aliphatic rings. The number of sulfonamides is 1. The standard InChI is InChI=1S/C24H30Cl2N2O3S/c1-2-3-4-5-6-7-8-12-15-28-24(29)27(18-19-13-10-9-11-14-19)22-17-20(25)16-21(26)23(22)32(28,30)31/h9-11,13-14,16-17H,2-8,12,15,18H2,1H3. The summed E-state index contributed by atoms with van der Waals surface area (Å²) in [6.45, 7) is 2.56. The quantitative estimate of drug-likeness (QED) is 0.307. The summed E-state index contributed by atoms with van der Waals surface area (Å²) in [5, 5.41) is 0.310. The molecule has 32 heavy (non-hydrogen) atoms. The maximum Gasteiger partial charge on any atom is 0.338 e. The molecule has 3 rings (SSSR count). The van der Waals surface area contributed by atoms with Gasteiger partial charge in [0.15, 0.2) is 0 Å². The number of unbranched alkanes of at least 4 members (excludes halogenated alkanes) is 7. The van der Waals surface area contributed by atoms with Gasteiger partial charge in [0.25, 0.3) is 10.0 Å². The lowest BCUT2D eigenvalue weighted by atomic mass is 10.1. The Hall–Kier alpha value is -1.76. The average Bonchev–Trinajstić information content (AvgIpc) is 2.75. The van der Waals surface area contributed by atoms with Crippen LogP contribution >= 0.6 is 23.2 Å². The molecule has 2 aromatic carbocycles. The van der Waals surface area contributed by atoms with Crippen molar-refractivity contribution in [3.63, 3.8) is 0 Å². The van der Waals surface area contributed by atoms with Gasteiger partial charge in [0.1, 0.15) is 4.90 Å². The Balaban J connectivity index is 1.80. The Kier molecular flexibility index (Phi) is 8.86. The molecule has 2 aromatic rings. The van der Waals surface area contributed by atoms with Crippen LogP contribution in [0.5, 0.6) is 0 Å². The molecule has 2 amide bonds. The summed E-state index contributed by atoms with van der Waals surface area (Å²) < 4.78 is 27.6. The second-order valence-corrected chi connectivity index (χ2v) is 10.8. The molecule has 0 aromatic heterocycles. The van der Waals surface area contributed by atoms with Gasteiger partial charge < -0.3 is 0 Å². The van der Waals surface area contributed by atoms with E-state index >= 15 is 0 Å². The van der Waals surface area contributed by atoms with Crippen LogP contribution in [0.4, 0.5) is 10.5 Å². The highest BCUT2D eigenvalue weighted by molar-refractivity contribution is 7.90. The lowest BCUT2D eigenvalue weighted by Crippen LogP contribution is -2.50. The van der Waals surface area contributed by atoms with Crippen molar-refractivity contribution >= 4 is 44.9 Å². The molecule has 0 spiro atoms. The molecule has 1 heterocycles. The molecule has 0 N–H and O–H groups in total. The summed E-state index contributed by atoms with van der Waals surface area (Å²) in [7, 11) is -4.06. The number of halogens is 2. The summed E-state index contributed by atoms with van der Waals surface area (Å²) in [5.74, 6) is 0. The number of benzene rings is 2. The first-order valence-corrected chi connectivity index (χ1v) is 13.4. The van der Waals surface area contributed by atoms with E-state index in [4.69, 9.17) is 23.2 Å². The van der Waals surface area contributed by atoms with Crippen LogP contribution in [0.2, 0.25) is 10.0 Å². The van der Waals surface area contributed by atoms with Gasteiger partial charge in [-0.1, -0.05) is 105 Å². The Morgan fingerprint density at radius 1 is 0.875 bits per heavy atom. The van der Waals surface area contributed by atoms with Crippen LogP contribution in [0.1, 0.15) is 63.9 Å². The number of nitrogens with zero attached hydrogens (tertiary/aromatic N) is 2. The summed E-state index contributed by atoms with van der Waals surface area (Å²) >= 11 is 12.5. The Morgan fingerprint density at radius 3 is 2.16 bits per heavy atom. The minimum Gasteiger partial charge on any atom is -0.288 e. The molecule has 0 radical (unpaired) electrons. The monoisotopic (exact) mass is 496 g/mol. The fourth-order valence-electron chi connectivity index (χ4n) is 3.98. The molecule has 5 nitrogen and oxygen atoms in total. The smallest absolute Gasteiger partial charge is 0.288 e. The van der Waals surface area contributed by atoms with Gasteiger partial charge in [0.05, 0.1) is 17.3 Å². The highest BCUT2D eigenvalue weighted by Crippen LogP contribution is 2.41. The van der Waals surface area contributed by atoms with Gasteiger partial charge in [-0.3, -0.25) is 4.90 Å². The second kappa shape index (κ2) is 11.4. The van der Waals surface area contributed by atoms with E-state index in [0.717, 1.165) is 29.1 Å². The molecule has 8 heteroatoms. The molecule has 0 atom stereocenters. The predicted octanol–water partition coefficient (Wildman–Crippen LogP) is 7.27. The Bertz CT molecular complexity index is 1030. The van der Waals surface area contributed by atoms with E-state index in [0.29, 0.717) is 6.42 Å². The first-order chi connectivity index (χ1) is 15.4. The third kappa shape index (κ3) is 5.77. The number of urea groups is 1. The lowest BCUT2D eigenvalue weighted by Gasteiger charge is -2.37. The van der Waals surface area contributed by atoms with E-state index in [1.165, 1.54) is 42.7 Å². The summed E-state index contributed by atoms with van der Waals surface area (Å²) in [4.78, 5) is 14.8. The van der Waals surface area contributed by atoms with Gasteiger partial charge in [-0.15, -0.1) is 0 Å². The number of amides is 2. The van der Waals surface area contributed by atoms with Gasteiger partial charge in [-0.2, -0.15) is 0 Å². The topological polar surface area (TPSA) is 57.7 Å². The van der Waals surface area contributed by atoms with Crippen molar-refractivity contribution in [3.05, 3.63) is 58.1 Å². The maximum atomic E-state index is 13.4. The molecular weight excluding hydrogens is 467 g/mol. The number of carbonyl (C=O) groups excluding carboxylic acids is 1. The van der Waals surface area contributed by atoms with Crippen molar-refractivity contribution in [2.24, 2.45) is 0 Å². The third-order valence-electron chi connectivity index (χ3n) is 5.67. The lowest BCUT2D eigenvalue weighted by molar-refractivity contribution is 0.226. The number of anilines is 1. The Morgan fingerprint density at radius 2 is 1.50 bits per heavy atom. The molecule has 0 fully saturated rings. The van der Waals surface area contributed by atoms with E-state index < -0.39 is 16.1 Å². The molecule has 174 valence electrons. The van der Waals surface area contributed by atoms with Crippen molar-refractivity contribution in [3.8, 4) is 0 Å². The molecule has 0 bridgehead atoms. The molecule has 1 aliphatic heterocycles. The fourth-order valence-corrected chi connectivity index (χ4v) is 6.39. The van der Waals surface area contributed by atoms with Gasteiger partial charge in [-0.05, 0) is 24.1 Å². The minimum absolute atomic E-state index is 0.0268. The number of hydrogen-bond donors (Lipinski definition) is 0. The Labute approximate surface area is 201 Å². The summed E-state index contributed by atoms with van der Waals surface area (Å²) in [6, 6.07) is 11.8. The third-order valence-corrected chi connectivity index (χ3v) is 8.16. The average molecular weight is 497 g/mol. The minimum atomic E-state index is -4.06. The van der Waals surface area contributed by atoms with Crippen LogP contribution in [-0.2, 0) is 16.6 Å². The van der Waals surface area contributed by atoms with E-state index in [1.54, 1.807) is 0 Å². The summed E-state index contributed by atoms with van der Waals surface area (Å²) in [5.41, 5.74) is 1.11. The van der Waals surface area contributed by atoms with Gasteiger partial charge >= 0.3 is 6.03 Å². The van der Waals surface area contributed by atoms with Gasteiger partial charge in [0.2, 0.25) is 0 Å². The van der Waals surface area contributed by atoms with Gasteiger partial charge in [0, 0.05) is 11.6 Å². The van der Waals surface area contributed by atoms with E-state index in [9.17, 15) is 13.2 Å². The van der Waals surface area contributed by atoms with Crippen molar-refractivity contribution in [2.75, 3.05) is 11.4 Å². The first-order valence-electron chi connectivity index (χ1n) is 11.2. The van der Waals surface area contributed by atoms with Crippen molar-refractivity contribution in [1.29, 1.82) is 0 Å². The van der Waals surface area contributed by atoms with Crippen molar-refractivity contribution in [2.45, 2.75) is 69.7 Å². The molecule has 0 unspecified atom stereocenters. The van der Waals surface area contributed by atoms with Gasteiger partial charge in [-0.25, -0.2) is 17.5 Å². The van der Waals surface area contributed by atoms with E-state index in [2.05, 4.69) is 6.92 Å². The highest BCUT2D eigenvalue weighted by atomic mass is 35.5. The first kappa shape index (κ1) is 24.9. The van der Waals surface area contributed by atoms with Crippen molar-refractivity contribution in [1.82, 2.24) is 4.31 Å². The number of carbonyl (C=O) groups is 1. The normalized spacial score (nSPS) is 15.2. The van der Waals surface area contributed by atoms with Crippen LogP contribution < -0.4 is 4.90 Å². The van der Waals surface area contributed by atoms with Crippen molar-refractivity contribution < 1.29 is 13.2 Å². The largest absolute Gasteiger partial charge is 0.338 e. The number of hydrogen-bond acceptors (Lipinski definition) is 3.